The highest BCUT2D eigenvalue weighted by atomic mass is 31.2. The van der Waals surface area contributed by atoms with Crippen molar-refractivity contribution >= 4 is 83.0 Å². The minimum absolute atomic E-state index is 0.00586. The Hall–Kier alpha value is -10.8. The summed E-state index contributed by atoms with van der Waals surface area (Å²) in [6.45, 7) is 10.4. The van der Waals surface area contributed by atoms with Crippen molar-refractivity contribution < 1.29 is 86.2 Å². The van der Waals surface area contributed by atoms with E-state index >= 15 is 0 Å². The fourth-order valence-electron chi connectivity index (χ4n) is 12.4. The molecule has 1 fully saturated rings. The van der Waals surface area contributed by atoms with Gasteiger partial charge in [-0.3, -0.25) is 48.1 Å². The first-order valence-electron chi connectivity index (χ1n) is 38.7. The molecule has 3 amide bonds. The zero-order chi connectivity index (χ0) is 84.2. The van der Waals surface area contributed by atoms with Crippen molar-refractivity contribution in [3.8, 4) is 45.7 Å². The number of carbonyl (C=O) groups is 8. The summed E-state index contributed by atoms with van der Waals surface area (Å²) >= 11 is 0. The SMILES string of the molecule is CCCCCCCC(C)=O.COc1cc(C(CCN(C)C(=O)CCCCC(=O)CCCOCCOc2nc(N(C)CC(N)=O)nc(N3CCN(P(C)(=O)N(C)C)CC3)n2)OC(=O)NCCCCCC(=O)CCc2cn(CCC(C)=O)nn2)c([N+](=O)[O-])cc1OC.O=C(O)c1ccccc1-c1c2ccc(=O)cc-2oc2cc(O)ccc12. The Morgan fingerprint density at radius 3 is 2.09 bits per heavy atom. The molecule has 3 aromatic carbocycles. The van der Waals surface area contributed by atoms with Gasteiger partial charge in [-0.05, 0) is 115 Å². The lowest BCUT2D eigenvalue weighted by Crippen LogP contribution is -2.47. The second-order valence-electron chi connectivity index (χ2n) is 28.2. The van der Waals surface area contributed by atoms with Crippen LogP contribution in [-0.2, 0) is 55.8 Å². The van der Waals surface area contributed by atoms with Gasteiger partial charge in [0.1, 0.15) is 52.9 Å². The van der Waals surface area contributed by atoms with Crippen molar-refractivity contribution in [3.63, 3.8) is 0 Å². The van der Waals surface area contributed by atoms with E-state index in [9.17, 15) is 68.0 Å². The van der Waals surface area contributed by atoms with E-state index in [1.165, 1.54) is 99.1 Å². The van der Waals surface area contributed by atoms with Crippen LogP contribution in [0.3, 0.4) is 0 Å². The molecule has 3 aliphatic rings. The van der Waals surface area contributed by atoms with E-state index in [-0.39, 0.29) is 133 Å². The Balaban J connectivity index is 0.000000475. The van der Waals surface area contributed by atoms with Crippen LogP contribution in [0.1, 0.15) is 170 Å². The first-order chi connectivity index (χ1) is 54.9. The third-order valence-electron chi connectivity index (χ3n) is 19.0. The number of nitro groups is 1. The number of ether oxygens (including phenoxy) is 5. The highest BCUT2D eigenvalue weighted by molar-refractivity contribution is 7.58. The number of methoxy groups -OCH3 is 2. The number of piperazine rings is 1. The lowest BCUT2D eigenvalue weighted by molar-refractivity contribution is -0.386. The fourth-order valence-corrected chi connectivity index (χ4v) is 13.8. The van der Waals surface area contributed by atoms with Crippen LogP contribution in [0, 0.1) is 10.1 Å². The average Bonchev–Trinajstić information content (AvgIpc) is 0.928. The normalized spacial score (nSPS) is 12.8. The maximum atomic E-state index is 13.2. The largest absolute Gasteiger partial charge is 0.508 e. The number of unbranched alkanes of at least 4 members (excludes halogenated alkanes) is 7. The number of alkyl carbamates (subject to hydrolysis) is 1. The van der Waals surface area contributed by atoms with Crippen LogP contribution >= 0.6 is 7.44 Å². The zero-order valence-corrected chi connectivity index (χ0v) is 68.5. The van der Waals surface area contributed by atoms with Crippen LogP contribution in [0.2, 0.25) is 0 Å². The second kappa shape index (κ2) is 47.8. The van der Waals surface area contributed by atoms with Gasteiger partial charge in [0.05, 0.1) is 55.2 Å². The first-order valence-corrected chi connectivity index (χ1v) is 40.7. The lowest BCUT2D eigenvalue weighted by Gasteiger charge is -2.39. The molecule has 2 atom stereocenters. The number of nitro benzene ring substituents is 1. The molecular weight excluding hydrogens is 1510 g/mol. The number of nitrogens with zero attached hydrogens (tertiary/aromatic N) is 12. The van der Waals surface area contributed by atoms with Crippen molar-refractivity contribution in [3.05, 3.63) is 116 Å². The summed E-state index contributed by atoms with van der Waals surface area (Å²) in [5, 5.41) is 43.0. The Morgan fingerprint density at radius 1 is 0.748 bits per heavy atom. The smallest absolute Gasteiger partial charge is 0.407 e. The van der Waals surface area contributed by atoms with Gasteiger partial charge in [0, 0.05) is 159 Å². The van der Waals surface area contributed by atoms with E-state index in [1.54, 1.807) is 87.7 Å². The quantitative estimate of drug-likeness (QED) is 0.00905. The van der Waals surface area contributed by atoms with Crippen LogP contribution < -0.4 is 40.5 Å². The van der Waals surface area contributed by atoms with Crippen molar-refractivity contribution in [2.24, 2.45) is 5.73 Å². The predicted octanol–water partition coefficient (Wildman–Crippen LogP) is 11.1. The van der Waals surface area contributed by atoms with Gasteiger partial charge in [0.2, 0.25) is 31.2 Å². The Kier molecular flexibility index (Phi) is 38.6. The number of carboxylic acids is 1. The van der Waals surface area contributed by atoms with Gasteiger partial charge in [-0.15, -0.1) is 5.10 Å². The van der Waals surface area contributed by atoms with Crippen LogP contribution in [0.5, 0.6) is 23.3 Å². The number of primary amides is 1. The first kappa shape index (κ1) is 93.0. The topological polar surface area (TPSA) is 437 Å². The van der Waals surface area contributed by atoms with Gasteiger partial charge in [0.15, 0.2) is 16.9 Å². The van der Waals surface area contributed by atoms with E-state index in [0.29, 0.717) is 154 Å². The number of ketones is 4. The number of aromatic nitrogens is 6. The molecule has 0 radical (unpaired) electrons. The van der Waals surface area contributed by atoms with Gasteiger partial charge in [-0.2, -0.15) is 15.0 Å². The molecule has 35 heteroatoms. The molecule has 626 valence electrons. The summed E-state index contributed by atoms with van der Waals surface area (Å²) in [6, 6.07) is 18.3. The predicted molar refractivity (Wildman–Crippen MR) is 432 cm³/mol. The molecule has 0 spiro atoms. The number of anilines is 2. The number of rotatable bonds is 47. The maximum absolute atomic E-state index is 13.2. The Bertz CT molecular complexity index is 4470. The minimum Gasteiger partial charge on any atom is -0.508 e. The molecule has 0 saturated carbocycles. The number of hydrogen-bond donors (Lipinski definition) is 4. The summed E-state index contributed by atoms with van der Waals surface area (Å²) in [5.74, 6) is -0.171. The van der Waals surface area contributed by atoms with Crippen LogP contribution in [0.15, 0.2) is 88.2 Å². The molecule has 2 aromatic heterocycles. The number of aryl methyl sites for hydroxylation is 2. The molecule has 5 N–H and O–H groups in total. The molecule has 2 aliphatic heterocycles. The third-order valence-corrected chi connectivity index (χ3v) is 21.9. The standard InChI is InChI=1S/C51H81N14O14P.C20H12O5.C9H18O/c1-37(66)21-25-63-35-38(57-58-63)19-20-40(68)15-10-9-13-23-53-51(71)79-43(41-33-44(75-6)45(76-7)34-42(41)65(72)73)22-24-60(4)47(70)18-12-11-16-39(67)17-14-30-77-31-32-78-50-55-48(61(5)36-46(52)69)54-49(56-50)62-26-28-64(29-27-62)80(8,74)59(2)3;21-11-5-7-15-17(9-11)25-18-10-12(22)6-8-16(18)19(15)13-3-1-2-4-14(13)20(23)24;1-3-4-5-6-7-8-9(2)10/h33-35,43H,9-32,36H2,1-8H3,(H2,52,69)(H,53,71);1-10,21H,(H,23,24);3-8H2,1-2H3. The van der Waals surface area contributed by atoms with Crippen molar-refractivity contribution in [1.82, 2.24) is 49.5 Å². The van der Waals surface area contributed by atoms with Crippen LogP contribution in [0.4, 0.5) is 22.4 Å². The summed E-state index contributed by atoms with van der Waals surface area (Å²) in [5.41, 5.74) is 7.88. The van der Waals surface area contributed by atoms with Gasteiger partial charge in [0.25, 0.3) is 5.69 Å². The Morgan fingerprint density at radius 2 is 1.41 bits per heavy atom. The minimum atomic E-state index is -2.67. The van der Waals surface area contributed by atoms with Crippen LogP contribution in [-0.4, -0.2) is 221 Å². The number of hydrogen-bond acceptors (Lipinski definition) is 26. The van der Waals surface area contributed by atoms with Crippen molar-refractivity contribution in [2.45, 2.75) is 162 Å². The fraction of sp³-hybridized carbons (Fsp3) is 0.525. The summed E-state index contributed by atoms with van der Waals surface area (Å²) in [6.07, 6.45) is 12.1. The number of Topliss-reactive ketones (excluding diaryl/α,β-unsaturated/α-hetero) is 4. The highest BCUT2D eigenvalue weighted by Gasteiger charge is 2.33. The zero-order valence-electron chi connectivity index (χ0n) is 67.6. The monoisotopic (exact) mass is 1620 g/mol. The number of phenolic OH excluding ortho intramolecular Hbond substituents is 1. The third kappa shape index (κ3) is 30.8. The van der Waals surface area contributed by atoms with E-state index in [4.69, 9.17) is 33.8 Å². The molecule has 115 heavy (non-hydrogen) atoms. The van der Waals surface area contributed by atoms with Crippen molar-refractivity contribution in [2.75, 3.05) is 125 Å². The second-order valence-corrected chi connectivity index (χ2v) is 31.3. The molecule has 1 saturated heterocycles. The summed E-state index contributed by atoms with van der Waals surface area (Å²) in [7, 11) is 6.84. The number of amides is 3. The average molecular weight is 1620 g/mol. The highest BCUT2D eigenvalue weighted by Crippen LogP contribution is 2.48. The van der Waals surface area contributed by atoms with Gasteiger partial charge in [-0.1, -0.05) is 62.4 Å². The number of carboxylic acid groups (broad SMARTS) is 1. The number of fused-ring (bicyclic) bond motifs is 2. The van der Waals surface area contributed by atoms with E-state index in [1.807, 2.05) is 9.57 Å². The number of nitrogens with two attached hydrogens (primary N) is 1. The molecule has 4 heterocycles. The summed E-state index contributed by atoms with van der Waals surface area (Å²) in [4.78, 5) is 138. The summed E-state index contributed by atoms with van der Waals surface area (Å²) < 4.78 is 52.2. The molecular formula is C80H111N14O20P. The number of aromatic carboxylic acids is 1. The van der Waals surface area contributed by atoms with E-state index < -0.39 is 36.4 Å². The molecule has 1 aliphatic carbocycles. The molecule has 2 unspecified atom stereocenters. The van der Waals surface area contributed by atoms with Gasteiger partial charge < -0.3 is 68.9 Å². The van der Waals surface area contributed by atoms with Crippen molar-refractivity contribution in [1.29, 1.82) is 0 Å². The van der Waals surface area contributed by atoms with E-state index in [2.05, 4.69) is 37.5 Å². The molecule has 0 bridgehead atoms. The van der Waals surface area contributed by atoms with Gasteiger partial charge >= 0.3 is 18.1 Å². The lowest BCUT2D eigenvalue weighted by atomic mass is 9.91. The number of nitrogens with one attached hydrogen (secondary N) is 1. The number of phenols is 1. The molecule has 34 nitrogen and oxygen atoms in total. The van der Waals surface area contributed by atoms with E-state index in [0.717, 1.165) is 12.8 Å². The number of aromatic hydroxyl groups is 1. The van der Waals surface area contributed by atoms with Gasteiger partial charge in [-0.25, -0.2) is 18.9 Å². The number of likely N-dealkylation sites (N-methyl/N-ethyl adjacent to an activating group) is 1. The maximum Gasteiger partial charge on any atom is 0.407 e. The number of carbonyl (C=O) groups excluding carboxylic acids is 7. The number of benzene rings is 4. The van der Waals surface area contributed by atoms with Crippen LogP contribution in [0.25, 0.3) is 33.4 Å². The molecule has 8 rings (SSSR count). The molecule has 5 aromatic rings. The Labute approximate surface area is 669 Å².